The van der Waals surface area contributed by atoms with Crippen molar-refractivity contribution >= 4 is 53.1 Å². The minimum absolute atomic E-state index is 0. The van der Waals surface area contributed by atoms with E-state index in [4.69, 9.17) is 40.5 Å². The Morgan fingerprint density at radius 1 is 1.09 bits per heavy atom. The van der Waals surface area contributed by atoms with Crippen molar-refractivity contribution in [3.8, 4) is 0 Å². The fraction of sp³-hybridized carbons (Fsp3) is 0.731. The Labute approximate surface area is 222 Å². The zero-order valence-corrected chi connectivity index (χ0v) is 23.7. The van der Waals surface area contributed by atoms with Gasteiger partial charge >= 0.3 is 0 Å². The van der Waals surface area contributed by atoms with Gasteiger partial charge in [0.05, 0.1) is 0 Å². The number of hydrogen-bond acceptors (Lipinski definition) is 2. The molecule has 0 aliphatic heterocycles. The molecule has 3 atom stereocenters. The van der Waals surface area contributed by atoms with Crippen LogP contribution in [0.4, 0.5) is 0 Å². The molecule has 2 aliphatic carbocycles. The van der Waals surface area contributed by atoms with Gasteiger partial charge in [-0.2, -0.15) is 0 Å². The Kier molecular flexibility index (Phi) is 12.9. The standard InChI is InChI=1S/C20H29NO.C6H12Cl3N.ClH/c1-13(2)14-6-8-16-15(12-14)7-9-17-19(16,3)10-5-11-20(17,4)18(21)22;7-1-4-10(5-2-8)6-3-9;/h6,8,12-13,17H,5,7,9-11H2,1-4H3,(H2,21,22);1-6H2;1H. The predicted molar refractivity (Wildman–Crippen MR) is 147 cm³/mol. The fourth-order valence-electron chi connectivity index (χ4n) is 5.86. The summed E-state index contributed by atoms with van der Waals surface area (Å²) in [7, 11) is 0. The zero-order valence-electron chi connectivity index (χ0n) is 20.6. The smallest absolute Gasteiger partial charge is 0.223 e. The van der Waals surface area contributed by atoms with E-state index in [1.807, 2.05) is 0 Å². The lowest BCUT2D eigenvalue weighted by Gasteiger charge is -2.54. The fourth-order valence-corrected chi connectivity index (χ4v) is 6.58. The van der Waals surface area contributed by atoms with E-state index in [2.05, 4.69) is 50.8 Å². The lowest BCUT2D eigenvalue weighted by molar-refractivity contribution is -0.135. The van der Waals surface area contributed by atoms with Crippen molar-refractivity contribution < 1.29 is 4.79 Å². The first-order valence-electron chi connectivity index (χ1n) is 12.0. The second kappa shape index (κ2) is 13.8. The molecule has 2 aliphatic rings. The molecule has 3 rings (SSSR count). The molecule has 3 unspecified atom stereocenters. The quantitative estimate of drug-likeness (QED) is 0.372. The van der Waals surface area contributed by atoms with E-state index >= 15 is 0 Å². The van der Waals surface area contributed by atoms with E-state index in [0.29, 0.717) is 29.5 Å². The molecule has 3 nitrogen and oxygen atoms in total. The first-order valence-corrected chi connectivity index (χ1v) is 13.6. The molecular weight excluding hydrogens is 498 g/mol. The highest BCUT2D eigenvalue weighted by Crippen LogP contribution is 2.57. The number of benzene rings is 1. The summed E-state index contributed by atoms with van der Waals surface area (Å²) in [6.07, 6.45) is 5.39. The molecule has 7 heteroatoms. The second-order valence-electron chi connectivity index (χ2n) is 10.1. The number of carbonyl (C=O) groups is 1. The van der Waals surface area contributed by atoms with Crippen molar-refractivity contribution in [1.29, 1.82) is 0 Å². The summed E-state index contributed by atoms with van der Waals surface area (Å²) in [4.78, 5) is 14.3. The summed E-state index contributed by atoms with van der Waals surface area (Å²) in [5.74, 6) is 2.78. The van der Waals surface area contributed by atoms with E-state index in [1.165, 1.54) is 23.1 Å². The molecule has 1 aromatic rings. The van der Waals surface area contributed by atoms with Crippen molar-refractivity contribution in [2.24, 2.45) is 17.1 Å². The highest BCUT2D eigenvalue weighted by atomic mass is 35.5. The van der Waals surface area contributed by atoms with Gasteiger partial charge in [0.15, 0.2) is 0 Å². The van der Waals surface area contributed by atoms with Crippen LogP contribution < -0.4 is 5.73 Å². The summed E-state index contributed by atoms with van der Waals surface area (Å²) in [5, 5.41) is 0. The number of rotatable bonds is 8. The van der Waals surface area contributed by atoms with Crippen LogP contribution in [-0.4, -0.2) is 48.1 Å². The van der Waals surface area contributed by atoms with Gasteiger partial charge in [0.1, 0.15) is 0 Å². The molecule has 190 valence electrons. The number of fused-ring (bicyclic) bond motifs is 3. The predicted octanol–water partition coefficient (Wildman–Crippen LogP) is 6.73. The Morgan fingerprint density at radius 3 is 2.15 bits per heavy atom. The van der Waals surface area contributed by atoms with Gasteiger partial charge < -0.3 is 5.73 Å². The molecule has 1 fully saturated rings. The van der Waals surface area contributed by atoms with Crippen molar-refractivity contribution in [2.45, 2.75) is 71.1 Å². The van der Waals surface area contributed by atoms with Gasteiger partial charge in [0.2, 0.25) is 5.91 Å². The number of primary amides is 1. The number of hydrogen-bond donors (Lipinski definition) is 1. The zero-order chi connectivity index (χ0) is 23.9. The number of alkyl halides is 3. The number of halogens is 4. The lowest BCUT2D eigenvalue weighted by Crippen LogP contribution is -2.54. The Morgan fingerprint density at radius 2 is 1.67 bits per heavy atom. The molecule has 2 N–H and O–H groups in total. The molecule has 1 amide bonds. The molecule has 1 saturated carbocycles. The SMILES string of the molecule is CC(C)c1ccc2c(c1)CCC1C(C)(C(N)=O)CCCC21C.Cl.ClCCN(CCCl)CCCl. The minimum atomic E-state index is -0.346. The number of nitrogens with two attached hydrogens (primary N) is 1. The van der Waals surface area contributed by atoms with Crippen LogP contribution >= 0.6 is 47.2 Å². The van der Waals surface area contributed by atoms with Crippen molar-refractivity contribution in [3.05, 3.63) is 34.9 Å². The Hall–Kier alpha value is -0.190. The summed E-state index contributed by atoms with van der Waals surface area (Å²) in [6.45, 7) is 11.6. The Bertz CT molecular complexity index is 746. The average Bonchev–Trinajstić information content (AvgIpc) is 2.74. The first-order chi connectivity index (χ1) is 15.1. The molecule has 0 heterocycles. The van der Waals surface area contributed by atoms with Crippen LogP contribution in [0.1, 0.15) is 76.0 Å². The van der Waals surface area contributed by atoms with Crippen molar-refractivity contribution in [1.82, 2.24) is 4.90 Å². The number of nitrogens with zero attached hydrogens (tertiary/aromatic N) is 1. The minimum Gasteiger partial charge on any atom is -0.369 e. The maximum atomic E-state index is 12.2. The van der Waals surface area contributed by atoms with Crippen LogP contribution in [0.15, 0.2) is 18.2 Å². The molecule has 0 aromatic heterocycles. The van der Waals surface area contributed by atoms with E-state index < -0.39 is 0 Å². The largest absolute Gasteiger partial charge is 0.369 e. The van der Waals surface area contributed by atoms with E-state index in [9.17, 15) is 4.79 Å². The van der Waals surface area contributed by atoms with Crippen LogP contribution in [0.2, 0.25) is 0 Å². The molecular formula is C26H42Cl4N2O. The molecule has 1 aromatic carbocycles. The summed E-state index contributed by atoms with van der Waals surface area (Å²) in [5.41, 5.74) is 9.97. The van der Waals surface area contributed by atoms with Gasteiger partial charge in [-0.3, -0.25) is 9.69 Å². The highest BCUT2D eigenvalue weighted by molar-refractivity contribution is 6.18. The van der Waals surface area contributed by atoms with Crippen LogP contribution in [-0.2, 0) is 16.6 Å². The summed E-state index contributed by atoms with van der Waals surface area (Å²) in [6, 6.07) is 7.02. The van der Waals surface area contributed by atoms with Crippen molar-refractivity contribution in [3.63, 3.8) is 0 Å². The van der Waals surface area contributed by atoms with Crippen molar-refractivity contribution in [2.75, 3.05) is 37.3 Å². The monoisotopic (exact) mass is 538 g/mol. The highest BCUT2D eigenvalue weighted by Gasteiger charge is 2.54. The van der Waals surface area contributed by atoms with Crippen LogP contribution in [0.3, 0.4) is 0 Å². The van der Waals surface area contributed by atoms with Gasteiger partial charge in [-0.05, 0) is 59.6 Å². The van der Waals surface area contributed by atoms with Gasteiger partial charge in [-0.15, -0.1) is 47.2 Å². The lowest BCUT2D eigenvalue weighted by atomic mass is 9.49. The molecule has 0 radical (unpaired) electrons. The van der Waals surface area contributed by atoms with Gasteiger partial charge in [0, 0.05) is 42.7 Å². The third-order valence-electron chi connectivity index (χ3n) is 7.81. The molecule has 0 bridgehead atoms. The second-order valence-corrected chi connectivity index (χ2v) is 11.3. The van der Waals surface area contributed by atoms with Gasteiger partial charge in [0.25, 0.3) is 0 Å². The summed E-state index contributed by atoms with van der Waals surface area (Å²) >= 11 is 16.6. The molecule has 0 saturated heterocycles. The van der Waals surface area contributed by atoms with Crippen LogP contribution in [0, 0.1) is 11.3 Å². The number of carbonyl (C=O) groups excluding carboxylic acids is 1. The third-order valence-corrected chi connectivity index (χ3v) is 8.32. The maximum absolute atomic E-state index is 12.2. The normalized spacial score (nSPS) is 26.0. The van der Waals surface area contributed by atoms with Crippen LogP contribution in [0.5, 0.6) is 0 Å². The average molecular weight is 540 g/mol. The van der Waals surface area contributed by atoms with Gasteiger partial charge in [-0.25, -0.2) is 0 Å². The molecule has 33 heavy (non-hydrogen) atoms. The van der Waals surface area contributed by atoms with Crippen LogP contribution in [0.25, 0.3) is 0 Å². The topological polar surface area (TPSA) is 46.3 Å². The number of aryl methyl sites for hydroxylation is 1. The Balaban J connectivity index is 0.000000425. The third kappa shape index (κ3) is 7.17. The number of amides is 1. The van der Waals surface area contributed by atoms with E-state index in [-0.39, 0.29) is 29.1 Å². The maximum Gasteiger partial charge on any atom is 0.223 e. The van der Waals surface area contributed by atoms with E-state index in [1.54, 1.807) is 0 Å². The molecule has 0 spiro atoms. The summed E-state index contributed by atoms with van der Waals surface area (Å²) < 4.78 is 0. The first kappa shape index (κ1) is 30.8. The van der Waals surface area contributed by atoms with E-state index in [0.717, 1.165) is 45.3 Å². The van der Waals surface area contributed by atoms with Gasteiger partial charge in [-0.1, -0.05) is 52.3 Å².